The number of halogens is 2. The van der Waals surface area contributed by atoms with Gasteiger partial charge in [-0.15, -0.1) is 0 Å². The Hall–Kier alpha value is -2.69. The highest BCUT2D eigenvalue weighted by Gasteiger charge is 2.53. The molecule has 1 aliphatic rings. The molecule has 154 valence electrons. The van der Waals surface area contributed by atoms with Crippen LogP contribution in [0.1, 0.15) is 25.0 Å². The lowest BCUT2D eigenvalue weighted by Crippen LogP contribution is -2.44. The van der Waals surface area contributed by atoms with Crippen LogP contribution in [-0.4, -0.2) is 48.4 Å². The van der Waals surface area contributed by atoms with Crippen LogP contribution in [0.3, 0.4) is 0 Å². The second-order valence-corrected chi connectivity index (χ2v) is 7.87. The molecule has 3 rings (SSSR count). The number of urea groups is 1. The van der Waals surface area contributed by atoms with Crippen LogP contribution >= 0.6 is 0 Å². The first-order chi connectivity index (χ1) is 13.8. The SMILES string of the molecule is C/C=C/c1c(C[C@H]2[C@@H](C)C(F)(F)CN2C(=O)N(C)C)cccc1-c1ccccc1. The summed E-state index contributed by atoms with van der Waals surface area (Å²) in [5.74, 6) is -3.81. The lowest BCUT2D eigenvalue weighted by atomic mass is 9.88. The zero-order chi connectivity index (χ0) is 21.2. The third-order valence-corrected chi connectivity index (χ3v) is 5.70. The van der Waals surface area contributed by atoms with E-state index in [1.807, 2.05) is 67.6 Å². The first-order valence-electron chi connectivity index (χ1n) is 9.92. The van der Waals surface area contributed by atoms with Gasteiger partial charge in [-0.05, 0) is 35.6 Å². The molecule has 2 amide bonds. The van der Waals surface area contributed by atoms with Gasteiger partial charge >= 0.3 is 6.03 Å². The summed E-state index contributed by atoms with van der Waals surface area (Å²) >= 11 is 0. The molecule has 1 heterocycles. The Balaban J connectivity index is 2.03. The van der Waals surface area contributed by atoms with Crippen LogP contribution in [0.5, 0.6) is 0 Å². The first-order valence-corrected chi connectivity index (χ1v) is 9.92. The van der Waals surface area contributed by atoms with Crippen LogP contribution < -0.4 is 0 Å². The molecule has 5 heteroatoms. The van der Waals surface area contributed by atoms with Crippen LogP contribution in [0.25, 0.3) is 17.2 Å². The summed E-state index contributed by atoms with van der Waals surface area (Å²) in [5, 5.41) is 0. The molecule has 0 unspecified atom stereocenters. The van der Waals surface area contributed by atoms with E-state index in [1.165, 1.54) is 9.80 Å². The molecule has 1 aliphatic heterocycles. The Morgan fingerprint density at radius 3 is 2.48 bits per heavy atom. The minimum Gasteiger partial charge on any atom is -0.331 e. The Bertz CT molecular complexity index is 893. The molecule has 1 fully saturated rings. The number of allylic oxidation sites excluding steroid dienone is 1. The van der Waals surface area contributed by atoms with E-state index < -0.39 is 24.4 Å². The minimum atomic E-state index is -2.89. The van der Waals surface area contributed by atoms with Crippen molar-refractivity contribution in [2.75, 3.05) is 20.6 Å². The molecule has 2 aromatic carbocycles. The predicted octanol–water partition coefficient (Wildman–Crippen LogP) is 5.57. The van der Waals surface area contributed by atoms with Crippen molar-refractivity contribution >= 4 is 12.1 Å². The molecule has 0 saturated carbocycles. The number of benzene rings is 2. The highest BCUT2D eigenvalue weighted by Crippen LogP contribution is 2.40. The highest BCUT2D eigenvalue weighted by atomic mass is 19.3. The molecule has 0 bridgehead atoms. The van der Waals surface area contributed by atoms with E-state index in [-0.39, 0.29) is 6.03 Å². The topological polar surface area (TPSA) is 23.6 Å². The summed E-state index contributed by atoms with van der Waals surface area (Å²) in [5.41, 5.74) is 4.12. The van der Waals surface area contributed by atoms with E-state index in [9.17, 15) is 13.6 Å². The number of carbonyl (C=O) groups excluding carboxylic acids is 1. The quantitative estimate of drug-likeness (QED) is 0.661. The standard InChI is InChI=1S/C24H28F2N2O/c1-5-10-20-19(13-9-14-21(20)18-11-7-6-8-12-18)15-22-17(2)24(25,26)16-28(22)23(29)27(3)4/h5-14,17,22H,15-16H2,1-4H3/b10-5+/t17-,22+/m1/s1. The van der Waals surface area contributed by atoms with Crippen molar-refractivity contribution in [2.45, 2.75) is 32.2 Å². The summed E-state index contributed by atoms with van der Waals surface area (Å²) in [6.45, 7) is 2.96. The molecule has 29 heavy (non-hydrogen) atoms. The summed E-state index contributed by atoms with van der Waals surface area (Å²) in [6, 6.07) is 15.1. The fourth-order valence-electron chi connectivity index (χ4n) is 4.04. The van der Waals surface area contributed by atoms with Crippen LogP contribution in [0.4, 0.5) is 13.6 Å². The van der Waals surface area contributed by atoms with E-state index in [0.29, 0.717) is 6.42 Å². The number of amides is 2. The smallest absolute Gasteiger partial charge is 0.319 e. The van der Waals surface area contributed by atoms with Crippen LogP contribution in [0.2, 0.25) is 0 Å². The van der Waals surface area contributed by atoms with E-state index in [4.69, 9.17) is 0 Å². The number of rotatable bonds is 4. The second-order valence-electron chi connectivity index (χ2n) is 7.87. The summed E-state index contributed by atoms with van der Waals surface area (Å²) < 4.78 is 29.1. The first kappa shape index (κ1) is 21.0. The van der Waals surface area contributed by atoms with E-state index >= 15 is 0 Å². The molecular formula is C24H28F2N2O. The van der Waals surface area contributed by atoms with Gasteiger partial charge in [0, 0.05) is 26.1 Å². The van der Waals surface area contributed by atoms with E-state index in [2.05, 4.69) is 0 Å². The Kier molecular flexibility index (Phi) is 6.06. The molecule has 0 aromatic heterocycles. The van der Waals surface area contributed by atoms with Gasteiger partial charge in [0.25, 0.3) is 5.92 Å². The lowest BCUT2D eigenvalue weighted by Gasteiger charge is -2.29. The molecule has 0 N–H and O–H groups in total. The van der Waals surface area contributed by atoms with Crippen molar-refractivity contribution in [3.05, 3.63) is 65.7 Å². The van der Waals surface area contributed by atoms with Crippen molar-refractivity contribution in [3.63, 3.8) is 0 Å². The van der Waals surface area contributed by atoms with Gasteiger partial charge in [-0.1, -0.05) is 67.6 Å². The maximum absolute atomic E-state index is 14.5. The lowest BCUT2D eigenvalue weighted by molar-refractivity contribution is -0.0229. The van der Waals surface area contributed by atoms with Gasteiger partial charge in [0.15, 0.2) is 0 Å². The number of nitrogens with zero attached hydrogens (tertiary/aromatic N) is 2. The monoisotopic (exact) mass is 398 g/mol. The Morgan fingerprint density at radius 2 is 1.86 bits per heavy atom. The Morgan fingerprint density at radius 1 is 1.17 bits per heavy atom. The largest absolute Gasteiger partial charge is 0.331 e. The minimum absolute atomic E-state index is 0.370. The van der Waals surface area contributed by atoms with Crippen molar-refractivity contribution in [1.82, 2.24) is 9.80 Å². The molecular weight excluding hydrogens is 370 g/mol. The molecule has 2 aromatic rings. The number of likely N-dealkylation sites (tertiary alicyclic amines) is 1. The zero-order valence-electron chi connectivity index (χ0n) is 17.4. The average molecular weight is 398 g/mol. The van der Waals surface area contributed by atoms with Gasteiger partial charge in [-0.2, -0.15) is 0 Å². The third-order valence-electron chi connectivity index (χ3n) is 5.70. The summed E-state index contributed by atoms with van der Waals surface area (Å²) in [4.78, 5) is 15.3. The van der Waals surface area contributed by atoms with Gasteiger partial charge in [0.05, 0.1) is 6.54 Å². The fourth-order valence-corrected chi connectivity index (χ4v) is 4.04. The maximum Gasteiger partial charge on any atom is 0.319 e. The number of hydrogen-bond donors (Lipinski definition) is 0. The predicted molar refractivity (Wildman–Crippen MR) is 114 cm³/mol. The van der Waals surface area contributed by atoms with Gasteiger partial charge < -0.3 is 9.80 Å². The number of alkyl halides is 2. The van der Waals surface area contributed by atoms with Crippen LogP contribution in [0.15, 0.2) is 54.6 Å². The van der Waals surface area contributed by atoms with E-state index in [1.54, 1.807) is 21.0 Å². The van der Waals surface area contributed by atoms with Crippen LogP contribution in [0, 0.1) is 5.92 Å². The Labute approximate surface area is 171 Å². The van der Waals surface area contributed by atoms with Gasteiger partial charge in [0.2, 0.25) is 0 Å². The van der Waals surface area contributed by atoms with Gasteiger partial charge in [-0.3, -0.25) is 0 Å². The molecule has 3 nitrogen and oxygen atoms in total. The number of hydrogen-bond acceptors (Lipinski definition) is 1. The molecule has 1 saturated heterocycles. The highest BCUT2D eigenvalue weighted by molar-refractivity contribution is 5.78. The molecule has 0 spiro atoms. The maximum atomic E-state index is 14.5. The van der Waals surface area contributed by atoms with Crippen molar-refractivity contribution in [1.29, 1.82) is 0 Å². The second kappa shape index (κ2) is 8.36. The summed E-state index contributed by atoms with van der Waals surface area (Å²) in [7, 11) is 3.20. The average Bonchev–Trinajstić information content (AvgIpc) is 2.93. The van der Waals surface area contributed by atoms with Crippen molar-refractivity contribution < 1.29 is 13.6 Å². The summed E-state index contributed by atoms with van der Waals surface area (Å²) in [6.07, 6.45) is 4.37. The van der Waals surface area contributed by atoms with Crippen molar-refractivity contribution in [3.8, 4) is 11.1 Å². The molecule has 0 aliphatic carbocycles. The fraction of sp³-hybridized carbons (Fsp3) is 0.375. The third kappa shape index (κ3) is 4.19. The van der Waals surface area contributed by atoms with E-state index in [0.717, 1.165) is 22.3 Å². The van der Waals surface area contributed by atoms with Gasteiger partial charge in [-0.25, -0.2) is 13.6 Å². The normalized spacial score (nSPS) is 21.0. The molecule has 0 radical (unpaired) electrons. The molecule has 2 atom stereocenters. The van der Waals surface area contributed by atoms with Crippen LogP contribution in [-0.2, 0) is 6.42 Å². The number of carbonyl (C=O) groups is 1. The zero-order valence-corrected chi connectivity index (χ0v) is 17.4. The van der Waals surface area contributed by atoms with Gasteiger partial charge in [0.1, 0.15) is 0 Å². The van der Waals surface area contributed by atoms with Crippen molar-refractivity contribution in [2.24, 2.45) is 5.92 Å².